The van der Waals surface area contributed by atoms with Gasteiger partial charge in [0, 0.05) is 18.0 Å². The van der Waals surface area contributed by atoms with Crippen molar-refractivity contribution >= 4 is 44.1 Å². The first-order valence-electron chi connectivity index (χ1n) is 10.7. The number of amides is 1. The SMILES string of the molecule is CCc1ccc(C2C(=C(O)c3ccncc3)C(=O)C(=O)N2c2nc3ccc(C)cc3s2)cc1. The number of nitrogens with zero attached hydrogens (tertiary/aromatic N) is 3. The van der Waals surface area contributed by atoms with E-state index in [9.17, 15) is 14.7 Å². The second-order valence-corrected chi connectivity index (χ2v) is 8.98. The molecule has 1 aliphatic heterocycles. The van der Waals surface area contributed by atoms with E-state index in [0.29, 0.717) is 10.7 Å². The summed E-state index contributed by atoms with van der Waals surface area (Å²) in [6, 6.07) is 16.1. The Labute approximate surface area is 194 Å². The Kier molecular flexibility index (Phi) is 5.26. The molecule has 1 N–H and O–H groups in total. The molecule has 0 bridgehead atoms. The molecule has 0 radical (unpaired) electrons. The Bertz CT molecular complexity index is 1410. The summed E-state index contributed by atoms with van der Waals surface area (Å²) in [4.78, 5) is 36.6. The number of carbonyl (C=O) groups excluding carboxylic acids is 2. The van der Waals surface area contributed by atoms with Gasteiger partial charge in [-0.1, -0.05) is 48.6 Å². The number of carbonyl (C=O) groups is 2. The van der Waals surface area contributed by atoms with Crippen molar-refractivity contribution in [3.05, 3.63) is 94.8 Å². The maximum Gasteiger partial charge on any atom is 0.301 e. The number of hydrogen-bond donors (Lipinski definition) is 1. The third-order valence-corrected chi connectivity index (χ3v) is 6.86. The van der Waals surface area contributed by atoms with E-state index in [2.05, 4.69) is 16.9 Å². The number of aryl methyl sites for hydroxylation is 2. The number of fused-ring (bicyclic) bond motifs is 1. The number of pyridine rings is 1. The van der Waals surface area contributed by atoms with Gasteiger partial charge in [0.05, 0.1) is 21.8 Å². The van der Waals surface area contributed by atoms with Crippen LogP contribution in [0.4, 0.5) is 5.13 Å². The Morgan fingerprint density at radius 3 is 2.48 bits per heavy atom. The van der Waals surface area contributed by atoms with Crippen molar-refractivity contribution in [3.63, 3.8) is 0 Å². The van der Waals surface area contributed by atoms with E-state index < -0.39 is 17.7 Å². The molecule has 1 aliphatic rings. The van der Waals surface area contributed by atoms with Crippen LogP contribution in [0.2, 0.25) is 0 Å². The Balaban J connectivity index is 1.72. The largest absolute Gasteiger partial charge is 0.507 e. The molecular formula is C26H21N3O3S. The molecule has 3 heterocycles. The molecule has 6 nitrogen and oxygen atoms in total. The fourth-order valence-corrected chi connectivity index (χ4v) is 5.16. The van der Waals surface area contributed by atoms with Gasteiger partial charge in [-0.25, -0.2) is 4.98 Å². The van der Waals surface area contributed by atoms with Gasteiger partial charge in [0.15, 0.2) is 5.13 Å². The number of hydrogen-bond acceptors (Lipinski definition) is 6. The average Bonchev–Trinajstić information content (AvgIpc) is 3.37. The van der Waals surface area contributed by atoms with E-state index in [1.54, 1.807) is 12.1 Å². The van der Waals surface area contributed by atoms with Crippen LogP contribution in [-0.2, 0) is 16.0 Å². The van der Waals surface area contributed by atoms with Crippen LogP contribution in [0.25, 0.3) is 16.0 Å². The summed E-state index contributed by atoms with van der Waals surface area (Å²) in [7, 11) is 0. The van der Waals surface area contributed by atoms with Gasteiger partial charge in [-0.2, -0.15) is 0 Å². The molecule has 1 amide bonds. The number of Topliss-reactive ketones (excluding diaryl/α,β-unsaturated/α-hetero) is 1. The van der Waals surface area contributed by atoms with Crippen LogP contribution in [-0.4, -0.2) is 26.8 Å². The minimum atomic E-state index is -0.786. The molecule has 2 aromatic carbocycles. The van der Waals surface area contributed by atoms with Crippen molar-refractivity contribution in [1.82, 2.24) is 9.97 Å². The molecule has 7 heteroatoms. The number of rotatable bonds is 4. The van der Waals surface area contributed by atoms with Crippen LogP contribution >= 0.6 is 11.3 Å². The zero-order valence-corrected chi connectivity index (χ0v) is 19.0. The van der Waals surface area contributed by atoms with Crippen LogP contribution in [0.3, 0.4) is 0 Å². The number of aliphatic hydroxyl groups is 1. The average molecular weight is 456 g/mol. The maximum absolute atomic E-state index is 13.3. The summed E-state index contributed by atoms with van der Waals surface area (Å²) in [5.74, 6) is -1.66. The molecule has 0 spiro atoms. The summed E-state index contributed by atoms with van der Waals surface area (Å²) in [6.07, 6.45) is 3.94. The summed E-state index contributed by atoms with van der Waals surface area (Å²) in [6.45, 7) is 4.06. The fourth-order valence-electron chi connectivity index (χ4n) is 4.07. The number of anilines is 1. The fraction of sp³-hybridized carbons (Fsp3) is 0.154. The minimum Gasteiger partial charge on any atom is -0.507 e. The van der Waals surface area contributed by atoms with E-state index in [1.807, 2.05) is 49.4 Å². The first kappa shape index (κ1) is 21.0. The highest BCUT2D eigenvalue weighted by Gasteiger charge is 2.48. The van der Waals surface area contributed by atoms with Crippen LogP contribution in [0.1, 0.15) is 35.2 Å². The number of benzene rings is 2. The highest BCUT2D eigenvalue weighted by molar-refractivity contribution is 7.22. The molecule has 1 atom stereocenters. The van der Waals surface area contributed by atoms with Crippen LogP contribution in [0.15, 0.2) is 72.6 Å². The van der Waals surface area contributed by atoms with Gasteiger partial charge in [-0.15, -0.1) is 0 Å². The molecular weight excluding hydrogens is 434 g/mol. The molecule has 1 unspecified atom stereocenters. The zero-order valence-electron chi connectivity index (χ0n) is 18.1. The lowest BCUT2D eigenvalue weighted by atomic mass is 9.95. The predicted octanol–water partition coefficient (Wildman–Crippen LogP) is 5.19. The van der Waals surface area contributed by atoms with E-state index in [4.69, 9.17) is 0 Å². The molecule has 1 fully saturated rings. The lowest BCUT2D eigenvalue weighted by Crippen LogP contribution is -2.29. The lowest BCUT2D eigenvalue weighted by Gasteiger charge is -2.23. The summed E-state index contributed by atoms with van der Waals surface area (Å²) < 4.78 is 0.932. The van der Waals surface area contributed by atoms with Crippen molar-refractivity contribution in [2.24, 2.45) is 0 Å². The number of ketones is 1. The van der Waals surface area contributed by atoms with Gasteiger partial charge in [-0.3, -0.25) is 19.5 Å². The van der Waals surface area contributed by atoms with Gasteiger partial charge in [0.1, 0.15) is 5.76 Å². The summed E-state index contributed by atoms with van der Waals surface area (Å²) in [5, 5.41) is 11.5. The highest BCUT2D eigenvalue weighted by atomic mass is 32.1. The summed E-state index contributed by atoms with van der Waals surface area (Å²) in [5.41, 5.74) is 4.20. The number of thiazole rings is 1. The zero-order chi connectivity index (χ0) is 23.1. The standard InChI is InChI=1S/C26H21N3O3S/c1-3-16-5-7-17(8-6-16)22-21(23(30)18-10-12-27-13-11-18)24(31)25(32)29(22)26-28-19-9-4-15(2)14-20(19)33-26/h4-14,22,30H,3H2,1-2H3. The topological polar surface area (TPSA) is 83.4 Å². The van der Waals surface area contributed by atoms with Gasteiger partial charge in [-0.05, 0) is 54.3 Å². The minimum absolute atomic E-state index is 0.0471. The van der Waals surface area contributed by atoms with E-state index >= 15 is 0 Å². The highest BCUT2D eigenvalue weighted by Crippen LogP contribution is 2.44. The molecule has 5 rings (SSSR count). The lowest BCUT2D eigenvalue weighted by molar-refractivity contribution is -0.132. The molecule has 4 aromatic rings. The van der Waals surface area contributed by atoms with Crippen LogP contribution < -0.4 is 4.90 Å². The molecule has 0 aliphatic carbocycles. The molecule has 0 saturated carbocycles. The third kappa shape index (κ3) is 3.60. The molecule has 1 saturated heterocycles. The predicted molar refractivity (Wildman–Crippen MR) is 129 cm³/mol. The molecule has 164 valence electrons. The van der Waals surface area contributed by atoms with Gasteiger partial charge >= 0.3 is 5.91 Å². The molecule has 2 aromatic heterocycles. The first-order valence-corrected chi connectivity index (χ1v) is 11.5. The Morgan fingerprint density at radius 1 is 1.06 bits per heavy atom. The van der Waals surface area contributed by atoms with Crippen molar-refractivity contribution in [3.8, 4) is 0 Å². The van der Waals surface area contributed by atoms with Crippen LogP contribution in [0.5, 0.6) is 0 Å². The van der Waals surface area contributed by atoms with Crippen LogP contribution in [0, 0.1) is 6.92 Å². The third-order valence-electron chi connectivity index (χ3n) is 5.84. The van der Waals surface area contributed by atoms with E-state index in [1.165, 1.54) is 28.6 Å². The second-order valence-electron chi connectivity index (χ2n) is 7.97. The number of aliphatic hydroxyl groups excluding tert-OH is 1. The Hall–Kier alpha value is -3.84. The monoisotopic (exact) mass is 455 g/mol. The van der Waals surface area contributed by atoms with Crippen molar-refractivity contribution in [2.45, 2.75) is 26.3 Å². The first-order chi connectivity index (χ1) is 16.0. The quantitative estimate of drug-likeness (QED) is 0.260. The summed E-state index contributed by atoms with van der Waals surface area (Å²) >= 11 is 1.36. The smallest absolute Gasteiger partial charge is 0.301 e. The van der Waals surface area contributed by atoms with Crippen molar-refractivity contribution < 1.29 is 14.7 Å². The van der Waals surface area contributed by atoms with Gasteiger partial charge in [0.25, 0.3) is 5.78 Å². The molecule has 33 heavy (non-hydrogen) atoms. The Morgan fingerprint density at radius 2 is 1.79 bits per heavy atom. The van der Waals surface area contributed by atoms with E-state index in [0.717, 1.165) is 33.3 Å². The second kappa shape index (κ2) is 8.26. The maximum atomic E-state index is 13.3. The van der Waals surface area contributed by atoms with Gasteiger partial charge in [0.2, 0.25) is 0 Å². The van der Waals surface area contributed by atoms with Crippen molar-refractivity contribution in [2.75, 3.05) is 4.90 Å². The van der Waals surface area contributed by atoms with Crippen molar-refractivity contribution in [1.29, 1.82) is 0 Å². The van der Waals surface area contributed by atoms with E-state index in [-0.39, 0.29) is 11.3 Å². The number of aromatic nitrogens is 2. The van der Waals surface area contributed by atoms with Gasteiger partial charge < -0.3 is 5.11 Å². The normalized spacial score (nSPS) is 17.8.